The van der Waals surface area contributed by atoms with Gasteiger partial charge in [-0.15, -0.1) is 5.10 Å². The Balaban J connectivity index is 2.24. The summed E-state index contributed by atoms with van der Waals surface area (Å²) in [6.45, 7) is 4.06. The van der Waals surface area contributed by atoms with Gasteiger partial charge in [0.15, 0.2) is 5.82 Å². The summed E-state index contributed by atoms with van der Waals surface area (Å²) >= 11 is 0. The third-order valence-corrected chi connectivity index (χ3v) is 2.59. The van der Waals surface area contributed by atoms with Crippen LogP contribution in [-0.4, -0.2) is 30.9 Å². The Bertz CT molecular complexity index is 515. The summed E-state index contributed by atoms with van der Waals surface area (Å²) in [7, 11) is 0. The van der Waals surface area contributed by atoms with Gasteiger partial charge >= 0.3 is 0 Å². The number of aromatic nitrogens is 5. The number of H-pyrrole nitrogens is 1. The van der Waals surface area contributed by atoms with E-state index in [9.17, 15) is 4.79 Å². The molecule has 0 fully saturated rings. The fraction of sp³-hybridized carbons (Fsp3) is 0.455. The molecule has 0 bridgehead atoms. The first-order valence-corrected chi connectivity index (χ1v) is 5.79. The zero-order chi connectivity index (χ0) is 13.1. The molecule has 0 saturated heterocycles. The zero-order valence-corrected chi connectivity index (χ0v) is 10.4. The summed E-state index contributed by atoms with van der Waals surface area (Å²) in [5, 5.41) is 7.93. The lowest BCUT2D eigenvalue weighted by Crippen LogP contribution is -2.28. The number of carbonyl (C=O) groups is 1. The third kappa shape index (κ3) is 2.55. The Kier molecular flexibility index (Phi) is 3.40. The van der Waals surface area contributed by atoms with Crippen molar-refractivity contribution >= 4 is 5.91 Å². The number of carbonyl (C=O) groups excluding carboxylic acids is 1. The Morgan fingerprint density at radius 1 is 1.56 bits per heavy atom. The molecule has 0 aliphatic rings. The van der Waals surface area contributed by atoms with E-state index >= 15 is 0 Å². The van der Waals surface area contributed by atoms with Crippen molar-refractivity contribution in [3.63, 3.8) is 0 Å². The van der Waals surface area contributed by atoms with E-state index in [1.807, 2.05) is 13.8 Å². The van der Waals surface area contributed by atoms with Crippen molar-refractivity contribution in [1.29, 1.82) is 0 Å². The van der Waals surface area contributed by atoms with Crippen molar-refractivity contribution in [2.45, 2.75) is 26.3 Å². The van der Waals surface area contributed by atoms with Gasteiger partial charge in [0.25, 0.3) is 0 Å². The summed E-state index contributed by atoms with van der Waals surface area (Å²) < 4.78 is 1.50. The molecule has 0 saturated carbocycles. The minimum Gasteiger partial charge on any atom is -0.368 e. The molecule has 2 rings (SSSR count). The first kappa shape index (κ1) is 12.3. The lowest BCUT2D eigenvalue weighted by atomic mass is 10.0. The Hall–Kier alpha value is -2.18. The molecule has 0 unspecified atom stereocenters. The number of aromatic amines is 1. The second-order valence-electron chi connectivity index (χ2n) is 4.57. The molecule has 0 spiro atoms. The first-order valence-electron chi connectivity index (χ1n) is 5.79. The van der Waals surface area contributed by atoms with Gasteiger partial charge in [-0.1, -0.05) is 19.1 Å². The topological polar surface area (TPSA) is 102 Å². The number of amides is 1. The lowest BCUT2D eigenvalue weighted by molar-refractivity contribution is -0.121. The highest BCUT2D eigenvalue weighted by Crippen LogP contribution is 2.18. The summed E-state index contributed by atoms with van der Waals surface area (Å²) in [5.41, 5.74) is 5.99. The molecule has 18 heavy (non-hydrogen) atoms. The van der Waals surface area contributed by atoms with E-state index in [2.05, 4.69) is 20.3 Å². The van der Waals surface area contributed by atoms with Crippen molar-refractivity contribution in [2.75, 3.05) is 0 Å². The van der Waals surface area contributed by atoms with Gasteiger partial charge < -0.3 is 10.7 Å². The van der Waals surface area contributed by atoms with Crippen LogP contribution in [0, 0.1) is 5.92 Å². The minimum absolute atomic E-state index is 0.346. The van der Waals surface area contributed by atoms with Gasteiger partial charge in [0, 0.05) is 12.4 Å². The van der Waals surface area contributed by atoms with Crippen molar-refractivity contribution in [2.24, 2.45) is 11.7 Å². The van der Waals surface area contributed by atoms with Gasteiger partial charge in [-0.2, -0.15) is 0 Å². The van der Waals surface area contributed by atoms with Crippen molar-refractivity contribution in [3.05, 3.63) is 18.6 Å². The summed E-state index contributed by atoms with van der Waals surface area (Å²) in [6.07, 6.45) is 5.65. The molecule has 3 N–H and O–H groups in total. The number of imidazole rings is 1. The molecule has 0 radical (unpaired) electrons. The van der Waals surface area contributed by atoms with Crippen molar-refractivity contribution in [3.8, 4) is 11.5 Å². The molecular formula is C11H16N6O. The second kappa shape index (κ2) is 4.99. The molecule has 96 valence electrons. The molecule has 0 aromatic carbocycles. The monoisotopic (exact) mass is 248 g/mol. The summed E-state index contributed by atoms with van der Waals surface area (Å²) in [5.74, 6) is 0.562. The predicted molar refractivity (Wildman–Crippen MR) is 65.3 cm³/mol. The van der Waals surface area contributed by atoms with Gasteiger partial charge in [0.1, 0.15) is 11.7 Å². The van der Waals surface area contributed by atoms with Crippen LogP contribution in [0.4, 0.5) is 0 Å². The standard InChI is InChI=1S/C11H16N6O/c1-7(2)5-9(10(12)18)17-6-8(15-16-17)11-13-3-4-14-11/h3-4,6-7,9H,5H2,1-2H3,(H2,12,18)(H,13,14)/t9-/m0/s1. The molecule has 1 amide bonds. The normalized spacial score (nSPS) is 12.8. The molecule has 7 heteroatoms. The van der Waals surface area contributed by atoms with E-state index < -0.39 is 11.9 Å². The van der Waals surface area contributed by atoms with Gasteiger partial charge in [0.2, 0.25) is 5.91 Å². The zero-order valence-electron chi connectivity index (χ0n) is 10.4. The van der Waals surface area contributed by atoms with Crippen LogP contribution in [0.5, 0.6) is 0 Å². The van der Waals surface area contributed by atoms with Crippen LogP contribution in [0.3, 0.4) is 0 Å². The quantitative estimate of drug-likeness (QED) is 0.814. The largest absolute Gasteiger partial charge is 0.368 e. The summed E-state index contributed by atoms with van der Waals surface area (Å²) in [4.78, 5) is 18.5. The fourth-order valence-electron chi connectivity index (χ4n) is 1.74. The van der Waals surface area contributed by atoms with Gasteiger partial charge in [0.05, 0.1) is 6.20 Å². The maximum Gasteiger partial charge on any atom is 0.242 e. The molecular weight excluding hydrogens is 232 g/mol. The highest BCUT2D eigenvalue weighted by atomic mass is 16.1. The number of primary amides is 1. The smallest absolute Gasteiger partial charge is 0.242 e. The average molecular weight is 248 g/mol. The maximum absolute atomic E-state index is 11.4. The Morgan fingerprint density at radius 2 is 2.33 bits per heavy atom. The highest BCUT2D eigenvalue weighted by Gasteiger charge is 2.21. The average Bonchev–Trinajstić information content (AvgIpc) is 2.95. The number of nitrogens with one attached hydrogen (secondary N) is 1. The van der Waals surface area contributed by atoms with E-state index in [0.717, 1.165) is 0 Å². The molecule has 0 aliphatic heterocycles. The van der Waals surface area contributed by atoms with Crippen molar-refractivity contribution < 1.29 is 4.79 Å². The van der Waals surface area contributed by atoms with Gasteiger partial charge in [-0.3, -0.25) is 4.79 Å². The molecule has 1 atom stereocenters. The number of hydrogen-bond donors (Lipinski definition) is 2. The SMILES string of the molecule is CC(C)C[C@@H](C(N)=O)n1cc(-c2ncc[nH]2)nn1. The van der Waals surface area contributed by atoms with E-state index in [0.29, 0.717) is 23.9 Å². The maximum atomic E-state index is 11.4. The third-order valence-electron chi connectivity index (χ3n) is 2.59. The number of nitrogens with zero attached hydrogens (tertiary/aromatic N) is 4. The lowest BCUT2D eigenvalue weighted by Gasteiger charge is -2.14. The predicted octanol–water partition coefficient (Wildman–Crippen LogP) is 0.741. The van der Waals surface area contributed by atoms with Crippen LogP contribution in [0.2, 0.25) is 0 Å². The number of rotatable bonds is 5. The van der Waals surface area contributed by atoms with Gasteiger partial charge in [-0.05, 0) is 12.3 Å². The van der Waals surface area contributed by atoms with E-state index in [-0.39, 0.29) is 0 Å². The molecule has 2 heterocycles. The van der Waals surface area contributed by atoms with Crippen LogP contribution in [0.1, 0.15) is 26.3 Å². The van der Waals surface area contributed by atoms with E-state index in [4.69, 9.17) is 5.73 Å². The second-order valence-corrected chi connectivity index (χ2v) is 4.57. The van der Waals surface area contributed by atoms with E-state index in [1.165, 1.54) is 4.68 Å². The van der Waals surface area contributed by atoms with E-state index in [1.54, 1.807) is 18.6 Å². The van der Waals surface area contributed by atoms with Crippen LogP contribution < -0.4 is 5.73 Å². The Labute approximate surface area is 104 Å². The molecule has 7 nitrogen and oxygen atoms in total. The highest BCUT2D eigenvalue weighted by molar-refractivity contribution is 5.78. The fourth-order valence-corrected chi connectivity index (χ4v) is 1.74. The van der Waals surface area contributed by atoms with Gasteiger partial charge in [-0.25, -0.2) is 9.67 Å². The molecule has 2 aromatic rings. The Morgan fingerprint density at radius 3 is 2.89 bits per heavy atom. The van der Waals surface area contributed by atoms with Crippen molar-refractivity contribution in [1.82, 2.24) is 25.0 Å². The number of hydrogen-bond acceptors (Lipinski definition) is 4. The number of nitrogens with two attached hydrogens (primary N) is 1. The van der Waals surface area contributed by atoms with Crippen LogP contribution in [0.15, 0.2) is 18.6 Å². The molecule has 2 aromatic heterocycles. The van der Waals surface area contributed by atoms with Crippen LogP contribution >= 0.6 is 0 Å². The minimum atomic E-state index is -0.471. The molecule has 0 aliphatic carbocycles. The van der Waals surface area contributed by atoms with Crippen LogP contribution in [-0.2, 0) is 4.79 Å². The van der Waals surface area contributed by atoms with Crippen LogP contribution in [0.25, 0.3) is 11.5 Å². The first-order chi connectivity index (χ1) is 8.58. The summed E-state index contributed by atoms with van der Waals surface area (Å²) in [6, 6.07) is -0.471.